The topological polar surface area (TPSA) is 105 Å². The van der Waals surface area contributed by atoms with E-state index in [-0.39, 0.29) is 25.4 Å². The minimum absolute atomic E-state index is 0.0616. The molecule has 2 aliphatic rings. The lowest BCUT2D eigenvalue weighted by atomic mass is 9.98. The molecule has 178 valence electrons. The molecule has 0 heterocycles. The van der Waals surface area contributed by atoms with Crippen LogP contribution in [0.5, 0.6) is 0 Å². The van der Waals surface area contributed by atoms with E-state index in [1.807, 2.05) is 48.5 Å². The van der Waals surface area contributed by atoms with E-state index in [1.54, 1.807) is 0 Å². The van der Waals surface area contributed by atoms with Gasteiger partial charge in [0.25, 0.3) is 0 Å². The van der Waals surface area contributed by atoms with Crippen LogP contribution < -0.4 is 10.6 Å². The summed E-state index contributed by atoms with van der Waals surface area (Å²) in [5.41, 5.74) is 1.66. The summed E-state index contributed by atoms with van der Waals surface area (Å²) in [6, 6.07) is 16.8. The zero-order chi connectivity index (χ0) is 24.7. The molecule has 2 amide bonds. The van der Waals surface area contributed by atoms with E-state index >= 15 is 0 Å². The summed E-state index contributed by atoms with van der Waals surface area (Å²) in [7, 11) is 0. The molecule has 1 saturated carbocycles. The van der Waals surface area contributed by atoms with Gasteiger partial charge in [-0.15, -0.1) is 0 Å². The first-order chi connectivity index (χ1) is 16.8. The molecule has 2 aliphatic carbocycles. The lowest BCUT2D eigenvalue weighted by Crippen LogP contribution is -2.46. The number of carbonyl (C=O) groups excluding carboxylic acids is 2. The number of fused-ring (bicyclic) bond motifs is 3. The number of halogens is 2. The molecule has 3 aromatic rings. The van der Waals surface area contributed by atoms with Gasteiger partial charge in [-0.25, -0.2) is 18.4 Å². The van der Waals surface area contributed by atoms with Gasteiger partial charge in [0.05, 0.1) is 11.3 Å². The first kappa shape index (κ1) is 22.5. The van der Waals surface area contributed by atoms with E-state index in [9.17, 15) is 23.2 Å². The Morgan fingerprint density at radius 2 is 1.54 bits per heavy atom. The summed E-state index contributed by atoms with van der Waals surface area (Å²) < 4.78 is 33.2. The van der Waals surface area contributed by atoms with Gasteiger partial charge in [0.1, 0.15) is 23.8 Å². The van der Waals surface area contributed by atoms with Crippen molar-refractivity contribution in [2.75, 3.05) is 11.9 Å². The third-order valence-electron chi connectivity index (χ3n) is 6.40. The summed E-state index contributed by atoms with van der Waals surface area (Å²) in [5, 5.41) is 13.8. The van der Waals surface area contributed by atoms with Crippen LogP contribution in [0.1, 0.15) is 40.2 Å². The minimum Gasteiger partial charge on any atom is -0.478 e. The predicted octanol–water partition coefficient (Wildman–Crippen LogP) is 4.67. The molecular weight excluding hydrogens is 458 g/mol. The maximum Gasteiger partial charge on any atom is 0.408 e. The average molecular weight is 478 g/mol. The van der Waals surface area contributed by atoms with E-state index in [2.05, 4.69) is 10.6 Å². The van der Waals surface area contributed by atoms with Gasteiger partial charge in [-0.3, -0.25) is 4.79 Å². The Morgan fingerprint density at radius 3 is 2.11 bits per heavy atom. The van der Waals surface area contributed by atoms with Crippen molar-refractivity contribution >= 4 is 23.7 Å². The summed E-state index contributed by atoms with van der Waals surface area (Å²) in [6.45, 7) is 0.0616. The van der Waals surface area contributed by atoms with E-state index in [1.165, 1.54) is 0 Å². The molecule has 9 heteroatoms. The number of carbonyl (C=O) groups is 3. The normalized spacial score (nSPS) is 15.0. The molecule has 1 fully saturated rings. The molecule has 0 saturated heterocycles. The number of aromatic carboxylic acids is 1. The third-order valence-corrected chi connectivity index (χ3v) is 6.40. The Bertz CT molecular complexity index is 1320. The van der Waals surface area contributed by atoms with Crippen LogP contribution in [0.15, 0.2) is 60.7 Å². The van der Waals surface area contributed by atoms with Crippen molar-refractivity contribution in [3.63, 3.8) is 0 Å². The first-order valence-corrected chi connectivity index (χ1v) is 11.0. The Labute approximate surface area is 198 Å². The first-order valence-electron chi connectivity index (χ1n) is 11.0. The Morgan fingerprint density at radius 1 is 0.943 bits per heavy atom. The molecule has 35 heavy (non-hydrogen) atoms. The van der Waals surface area contributed by atoms with Crippen LogP contribution in [0.25, 0.3) is 11.1 Å². The van der Waals surface area contributed by atoms with Crippen LogP contribution in [0.2, 0.25) is 0 Å². The number of carboxylic acid groups (broad SMARTS) is 1. The highest BCUT2D eigenvalue weighted by molar-refractivity contribution is 6.03. The van der Waals surface area contributed by atoms with E-state index in [0.29, 0.717) is 12.1 Å². The van der Waals surface area contributed by atoms with Crippen LogP contribution in [0, 0.1) is 11.6 Å². The highest BCUT2D eigenvalue weighted by Crippen LogP contribution is 2.44. The number of carboxylic acids is 1. The van der Waals surface area contributed by atoms with Gasteiger partial charge in [-0.2, -0.15) is 0 Å². The molecule has 3 aromatic carbocycles. The van der Waals surface area contributed by atoms with E-state index in [0.717, 1.165) is 22.3 Å². The number of nitrogens with one attached hydrogen (secondary N) is 2. The Balaban J connectivity index is 1.25. The van der Waals surface area contributed by atoms with E-state index < -0.39 is 46.4 Å². The number of alkyl carbamates (subject to hydrolysis) is 1. The quantitative estimate of drug-likeness (QED) is 0.478. The second-order valence-electron chi connectivity index (χ2n) is 8.60. The molecule has 0 unspecified atom stereocenters. The number of amides is 2. The molecule has 0 aliphatic heterocycles. The standard InChI is InChI=1S/C26H20F2N2O5/c27-20-12-21(28)22(11-18(20)23(31)32)29-24(33)26(9-10-26)30-25(34)35-13-19-16-7-3-1-5-14(16)15-6-2-4-8-17(15)19/h1-8,11-12,19H,9-10,13H2,(H,29,33)(H,30,34)(H,31,32). The van der Waals surface area contributed by atoms with Crippen molar-refractivity contribution < 1.29 is 33.0 Å². The molecule has 5 rings (SSSR count). The van der Waals surface area contributed by atoms with Crippen molar-refractivity contribution in [1.29, 1.82) is 0 Å². The van der Waals surface area contributed by atoms with Gasteiger partial charge in [0, 0.05) is 12.0 Å². The van der Waals surface area contributed by atoms with Crippen LogP contribution >= 0.6 is 0 Å². The molecule has 0 bridgehead atoms. The number of ether oxygens (including phenoxy) is 1. The Kier molecular flexibility index (Phi) is 5.47. The van der Waals surface area contributed by atoms with Crippen LogP contribution in [-0.4, -0.2) is 35.2 Å². The highest BCUT2D eigenvalue weighted by atomic mass is 19.1. The van der Waals surface area contributed by atoms with Crippen molar-refractivity contribution in [3.8, 4) is 11.1 Å². The van der Waals surface area contributed by atoms with Gasteiger partial charge < -0.3 is 20.5 Å². The summed E-state index contributed by atoms with van der Waals surface area (Å²) in [4.78, 5) is 36.4. The van der Waals surface area contributed by atoms with E-state index in [4.69, 9.17) is 9.84 Å². The fourth-order valence-electron chi connectivity index (χ4n) is 4.41. The van der Waals surface area contributed by atoms with Crippen LogP contribution in [0.4, 0.5) is 19.3 Å². The highest BCUT2D eigenvalue weighted by Gasteiger charge is 2.52. The number of hydrogen-bond donors (Lipinski definition) is 3. The zero-order valence-electron chi connectivity index (χ0n) is 18.3. The zero-order valence-corrected chi connectivity index (χ0v) is 18.3. The van der Waals surface area contributed by atoms with Crippen LogP contribution in [0.3, 0.4) is 0 Å². The number of hydrogen-bond acceptors (Lipinski definition) is 4. The van der Waals surface area contributed by atoms with Gasteiger partial charge in [-0.05, 0) is 41.2 Å². The van der Waals surface area contributed by atoms with Gasteiger partial charge in [-0.1, -0.05) is 48.5 Å². The molecule has 0 atom stereocenters. The average Bonchev–Trinajstić information content (AvgIpc) is 3.54. The van der Waals surface area contributed by atoms with Gasteiger partial charge >= 0.3 is 12.1 Å². The second-order valence-corrected chi connectivity index (χ2v) is 8.60. The Hall–Kier alpha value is -4.27. The fourth-order valence-corrected chi connectivity index (χ4v) is 4.41. The van der Waals surface area contributed by atoms with Crippen molar-refractivity contribution in [2.45, 2.75) is 24.3 Å². The molecule has 0 radical (unpaired) electrons. The largest absolute Gasteiger partial charge is 0.478 e. The lowest BCUT2D eigenvalue weighted by molar-refractivity contribution is -0.119. The summed E-state index contributed by atoms with van der Waals surface area (Å²) in [5.74, 6) is -4.88. The number of anilines is 1. The minimum atomic E-state index is -1.60. The SMILES string of the molecule is O=C(NC1(C(=O)Nc2cc(C(=O)O)c(F)cc2F)CC1)OCC1c2ccccc2-c2ccccc21. The molecule has 7 nitrogen and oxygen atoms in total. The van der Waals surface area contributed by atoms with Gasteiger partial charge in [0.15, 0.2) is 0 Å². The maximum atomic E-state index is 14.1. The fraction of sp³-hybridized carbons (Fsp3) is 0.192. The summed E-state index contributed by atoms with van der Waals surface area (Å²) in [6.07, 6.45) is -0.222. The molecule has 0 spiro atoms. The van der Waals surface area contributed by atoms with Crippen molar-refractivity contribution in [1.82, 2.24) is 5.32 Å². The number of benzene rings is 3. The second kappa shape index (κ2) is 8.50. The number of rotatable bonds is 6. The third kappa shape index (κ3) is 4.09. The monoisotopic (exact) mass is 478 g/mol. The summed E-state index contributed by atoms with van der Waals surface area (Å²) >= 11 is 0. The molecular formula is C26H20F2N2O5. The maximum absolute atomic E-state index is 14.1. The molecule has 3 N–H and O–H groups in total. The lowest BCUT2D eigenvalue weighted by Gasteiger charge is -2.19. The van der Waals surface area contributed by atoms with Crippen molar-refractivity contribution in [3.05, 3.63) is 89.0 Å². The predicted molar refractivity (Wildman–Crippen MR) is 122 cm³/mol. The molecule has 0 aromatic heterocycles. The van der Waals surface area contributed by atoms with Crippen LogP contribution in [-0.2, 0) is 9.53 Å². The smallest absolute Gasteiger partial charge is 0.408 e. The van der Waals surface area contributed by atoms with Gasteiger partial charge in [0.2, 0.25) is 5.91 Å². The van der Waals surface area contributed by atoms with Crippen molar-refractivity contribution in [2.24, 2.45) is 0 Å².